The van der Waals surface area contributed by atoms with E-state index in [1.54, 1.807) is 26.4 Å². The number of fused-ring (bicyclic) bond motifs is 4. The summed E-state index contributed by atoms with van der Waals surface area (Å²) in [4.78, 5) is 24.8. The first-order valence-electron chi connectivity index (χ1n) is 14.4. The van der Waals surface area contributed by atoms with Crippen LogP contribution in [0.3, 0.4) is 0 Å². The smallest absolute Gasteiger partial charge is 0.337 e. The van der Waals surface area contributed by atoms with Crippen molar-refractivity contribution in [3.63, 3.8) is 0 Å². The summed E-state index contributed by atoms with van der Waals surface area (Å²) in [5.74, 6) is 2.72. The predicted octanol–water partition coefficient (Wildman–Crippen LogP) is 6.78. The maximum Gasteiger partial charge on any atom is 0.337 e. The highest BCUT2D eigenvalue weighted by molar-refractivity contribution is 6.51. The molecule has 45 heavy (non-hydrogen) atoms. The van der Waals surface area contributed by atoms with Gasteiger partial charge in [-0.05, 0) is 61.0 Å². The van der Waals surface area contributed by atoms with Crippen molar-refractivity contribution in [2.24, 2.45) is 9.98 Å². The van der Waals surface area contributed by atoms with Gasteiger partial charge in [0.25, 0.3) is 0 Å². The highest BCUT2D eigenvalue weighted by atomic mass is 16.5. The van der Waals surface area contributed by atoms with Crippen LogP contribution in [0.1, 0.15) is 33.2 Å². The number of rotatable bonds is 6. The van der Waals surface area contributed by atoms with Gasteiger partial charge in [-0.25, -0.2) is 19.5 Å². The highest BCUT2D eigenvalue weighted by Gasteiger charge is 2.41. The van der Waals surface area contributed by atoms with Crippen LogP contribution in [-0.2, 0) is 4.74 Å². The van der Waals surface area contributed by atoms with Gasteiger partial charge in [0.1, 0.15) is 11.5 Å². The number of hydrogen-bond acceptors (Lipinski definition) is 9. The van der Waals surface area contributed by atoms with Crippen molar-refractivity contribution >= 4 is 40.5 Å². The zero-order valence-electron chi connectivity index (χ0n) is 25.2. The van der Waals surface area contributed by atoms with Gasteiger partial charge in [-0.2, -0.15) is 5.10 Å². The van der Waals surface area contributed by atoms with Crippen molar-refractivity contribution in [1.82, 2.24) is 9.78 Å². The molecule has 0 fully saturated rings. The highest BCUT2D eigenvalue weighted by Crippen LogP contribution is 2.48. The van der Waals surface area contributed by atoms with Crippen LogP contribution in [0, 0.1) is 6.92 Å². The first kappa shape index (κ1) is 27.9. The largest absolute Gasteiger partial charge is 0.497 e. The molecule has 0 amide bonds. The van der Waals surface area contributed by atoms with Gasteiger partial charge in [-0.3, -0.25) is 0 Å². The Balaban J connectivity index is 1.46. The number of carbonyl (C=O) groups is 1. The van der Waals surface area contributed by atoms with Crippen LogP contribution in [0.2, 0.25) is 0 Å². The maximum atomic E-state index is 12.3. The monoisotopic (exact) mass is 598 g/mol. The van der Waals surface area contributed by atoms with Crippen LogP contribution in [-0.4, -0.2) is 48.8 Å². The summed E-state index contributed by atoms with van der Waals surface area (Å²) >= 11 is 0. The molecule has 1 N–H and O–H groups in total. The summed E-state index contributed by atoms with van der Waals surface area (Å²) in [7, 11) is 4.61. The quantitative estimate of drug-likeness (QED) is 0.215. The van der Waals surface area contributed by atoms with E-state index in [1.807, 2.05) is 96.5 Å². The second-order valence-corrected chi connectivity index (χ2v) is 10.5. The molecular formula is C35H30N6O4. The van der Waals surface area contributed by atoms with E-state index in [2.05, 4.69) is 10.2 Å². The van der Waals surface area contributed by atoms with E-state index >= 15 is 0 Å². The normalized spacial score (nSPS) is 14.8. The van der Waals surface area contributed by atoms with E-state index in [9.17, 15) is 4.79 Å². The molecule has 7 rings (SSSR count). The van der Waals surface area contributed by atoms with E-state index in [0.717, 1.165) is 33.9 Å². The summed E-state index contributed by atoms with van der Waals surface area (Å²) in [6.45, 7) is 2.00. The third kappa shape index (κ3) is 4.76. The molecule has 10 heteroatoms. The summed E-state index contributed by atoms with van der Waals surface area (Å²) in [6.07, 6.45) is 0. The first-order valence-corrected chi connectivity index (χ1v) is 14.4. The number of aryl methyl sites for hydroxylation is 1. The molecule has 1 atom stereocenters. The number of nitrogens with zero attached hydrogens (tertiary/aromatic N) is 5. The predicted molar refractivity (Wildman–Crippen MR) is 174 cm³/mol. The minimum atomic E-state index is -0.392. The van der Waals surface area contributed by atoms with Crippen molar-refractivity contribution in [1.29, 1.82) is 0 Å². The molecule has 10 nitrogen and oxygen atoms in total. The molecule has 0 radical (unpaired) electrons. The van der Waals surface area contributed by atoms with Gasteiger partial charge >= 0.3 is 5.97 Å². The van der Waals surface area contributed by atoms with Gasteiger partial charge in [0.05, 0.1) is 61.4 Å². The summed E-state index contributed by atoms with van der Waals surface area (Å²) < 4.78 is 17.9. The standard InChI is InChI=1S/C35H30N6O4/c1-21-30-31(22-14-16-23(17-15-22)35(42)45-4)40-28-13-9-8-12-26(28)36-32(37-27-19-18-25(43-2)20-29(27)44-3)34(40)38-33(30)41(39-21)24-10-6-5-7-11-24/h5-20,31H,1-4H3,(H,36,37). The Morgan fingerprint density at radius 1 is 0.844 bits per heavy atom. The molecule has 2 aliphatic rings. The fourth-order valence-electron chi connectivity index (χ4n) is 5.81. The third-order valence-electron chi connectivity index (χ3n) is 7.95. The van der Waals surface area contributed by atoms with E-state index in [4.69, 9.17) is 29.3 Å². The molecule has 0 bridgehead atoms. The van der Waals surface area contributed by atoms with Crippen molar-refractivity contribution in [3.8, 4) is 17.2 Å². The van der Waals surface area contributed by atoms with Crippen molar-refractivity contribution in [3.05, 3.63) is 119 Å². The number of para-hydroxylation sites is 3. The van der Waals surface area contributed by atoms with Crippen molar-refractivity contribution < 1.29 is 19.0 Å². The molecule has 0 spiro atoms. The molecular weight excluding hydrogens is 568 g/mol. The molecule has 0 saturated carbocycles. The SMILES string of the molecule is COC(=O)c1ccc(C2c3c(C)nn(-c4ccccc4)c3N=C3C(Nc4ccc(OC)cc4OC)=Nc4ccccc4N32)cc1. The second kappa shape index (κ2) is 11.3. The molecule has 0 aliphatic carbocycles. The van der Waals surface area contributed by atoms with Crippen LogP contribution < -0.4 is 19.7 Å². The minimum absolute atomic E-state index is 0.345. The van der Waals surface area contributed by atoms with Crippen molar-refractivity contribution in [2.75, 3.05) is 31.5 Å². The maximum absolute atomic E-state index is 12.3. The lowest BCUT2D eigenvalue weighted by atomic mass is 9.92. The Hall–Kier alpha value is -5.90. The topological polar surface area (TPSA) is 103 Å². The van der Waals surface area contributed by atoms with E-state index in [-0.39, 0.29) is 6.04 Å². The second-order valence-electron chi connectivity index (χ2n) is 10.5. The number of methoxy groups -OCH3 is 3. The molecule has 3 heterocycles. The van der Waals surface area contributed by atoms with Crippen LogP contribution in [0.15, 0.2) is 107 Å². The molecule has 2 aliphatic heterocycles. The number of amidine groups is 2. The third-order valence-corrected chi connectivity index (χ3v) is 7.95. The van der Waals surface area contributed by atoms with Crippen LogP contribution in [0.25, 0.3) is 5.69 Å². The van der Waals surface area contributed by atoms with Gasteiger partial charge in [0.15, 0.2) is 17.5 Å². The fourth-order valence-corrected chi connectivity index (χ4v) is 5.81. The summed E-state index contributed by atoms with van der Waals surface area (Å²) in [5, 5.41) is 8.48. The lowest BCUT2D eigenvalue weighted by molar-refractivity contribution is 0.0600. The van der Waals surface area contributed by atoms with E-state index < -0.39 is 5.97 Å². The van der Waals surface area contributed by atoms with Gasteiger partial charge in [-0.15, -0.1) is 0 Å². The summed E-state index contributed by atoms with van der Waals surface area (Å²) in [5.41, 5.74) is 6.47. The molecule has 4 aromatic carbocycles. The zero-order chi connectivity index (χ0) is 31.1. The van der Waals surface area contributed by atoms with Crippen LogP contribution in [0.5, 0.6) is 11.5 Å². The number of ether oxygens (including phenoxy) is 3. The van der Waals surface area contributed by atoms with E-state index in [1.165, 1.54) is 7.11 Å². The number of hydrogen-bond donors (Lipinski definition) is 1. The van der Waals surface area contributed by atoms with E-state index in [0.29, 0.717) is 40.2 Å². The van der Waals surface area contributed by atoms with Crippen LogP contribution in [0.4, 0.5) is 22.9 Å². The Kier molecular flexibility index (Phi) is 7.01. The zero-order valence-corrected chi connectivity index (χ0v) is 25.2. The molecule has 1 aromatic heterocycles. The van der Waals surface area contributed by atoms with Crippen molar-refractivity contribution in [2.45, 2.75) is 13.0 Å². The molecule has 1 unspecified atom stereocenters. The van der Waals surface area contributed by atoms with Gasteiger partial charge in [-0.1, -0.05) is 42.5 Å². The lowest BCUT2D eigenvalue weighted by Gasteiger charge is -2.40. The number of aliphatic imine (C=N–C) groups is 2. The number of nitrogens with one attached hydrogen (secondary N) is 1. The molecule has 5 aromatic rings. The van der Waals surface area contributed by atoms with Gasteiger partial charge < -0.3 is 24.4 Å². The number of anilines is 2. The number of carbonyl (C=O) groups excluding carboxylic acids is 1. The Morgan fingerprint density at radius 3 is 2.33 bits per heavy atom. The minimum Gasteiger partial charge on any atom is -0.497 e. The molecule has 0 saturated heterocycles. The van der Waals surface area contributed by atoms with Crippen LogP contribution >= 0.6 is 0 Å². The number of esters is 1. The Bertz CT molecular complexity index is 1980. The van der Waals surface area contributed by atoms with Gasteiger partial charge in [0.2, 0.25) is 0 Å². The average Bonchev–Trinajstić information content (AvgIpc) is 3.43. The number of aromatic nitrogens is 2. The number of benzene rings is 4. The first-order chi connectivity index (χ1) is 22.0. The fraction of sp³-hybridized carbons (Fsp3) is 0.143. The Morgan fingerprint density at radius 2 is 1.60 bits per heavy atom. The lowest BCUT2D eigenvalue weighted by Crippen LogP contribution is -2.46. The van der Waals surface area contributed by atoms with Gasteiger partial charge in [0, 0.05) is 11.6 Å². The average molecular weight is 599 g/mol. The summed E-state index contributed by atoms with van der Waals surface area (Å²) in [6, 6.07) is 30.6. The Labute approximate surface area is 260 Å². The molecule has 224 valence electrons.